The van der Waals surface area contributed by atoms with Crippen LogP contribution in [0.15, 0.2) is 47.5 Å². The normalized spacial score (nSPS) is 11.1. The SMILES string of the molecule is CN=C(NCCc1ccc(Cl)cc1)NCc1cccc(OC)c1OC. The molecule has 0 spiro atoms. The number of aliphatic imine (C=N–C) groups is 1. The Morgan fingerprint density at radius 2 is 1.80 bits per heavy atom. The quantitative estimate of drug-likeness (QED) is 0.587. The number of benzene rings is 2. The lowest BCUT2D eigenvalue weighted by Crippen LogP contribution is -2.37. The summed E-state index contributed by atoms with van der Waals surface area (Å²) in [5.41, 5.74) is 2.23. The largest absolute Gasteiger partial charge is 0.493 e. The van der Waals surface area contributed by atoms with Gasteiger partial charge in [0.2, 0.25) is 0 Å². The van der Waals surface area contributed by atoms with Crippen LogP contribution in [0.4, 0.5) is 0 Å². The third kappa shape index (κ3) is 5.57. The van der Waals surface area contributed by atoms with Gasteiger partial charge < -0.3 is 20.1 Å². The molecule has 134 valence electrons. The Bertz CT molecular complexity index is 702. The second-order valence-corrected chi connectivity index (χ2v) is 5.82. The van der Waals surface area contributed by atoms with Gasteiger partial charge in [-0.3, -0.25) is 4.99 Å². The van der Waals surface area contributed by atoms with Gasteiger partial charge in [0.25, 0.3) is 0 Å². The van der Waals surface area contributed by atoms with Crippen molar-refractivity contribution in [1.82, 2.24) is 10.6 Å². The summed E-state index contributed by atoms with van der Waals surface area (Å²) in [6, 6.07) is 13.7. The summed E-state index contributed by atoms with van der Waals surface area (Å²) in [7, 11) is 5.02. The van der Waals surface area contributed by atoms with Gasteiger partial charge in [0.05, 0.1) is 14.2 Å². The highest BCUT2D eigenvalue weighted by atomic mass is 35.5. The van der Waals surface area contributed by atoms with Gasteiger partial charge in [0.15, 0.2) is 17.5 Å². The van der Waals surface area contributed by atoms with Crippen molar-refractivity contribution in [2.75, 3.05) is 27.8 Å². The molecule has 6 heteroatoms. The van der Waals surface area contributed by atoms with Crippen molar-refractivity contribution >= 4 is 17.6 Å². The van der Waals surface area contributed by atoms with Gasteiger partial charge in [0.1, 0.15) is 0 Å². The van der Waals surface area contributed by atoms with Crippen LogP contribution in [0, 0.1) is 0 Å². The third-order valence-corrected chi connectivity index (χ3v) is 4.03. The fraction of sp³-hybridized carbons (Fsp3) is 0.316. The van der Waals surface area contributed by atoms with Gasteiger partial charge in [-0.05, 0) is 30.2 Å². The first-order valence-electron chi connectivity index (χ1n) is 8.06. The van der Waals surface area contributed by atoms with Crippen molar-refractivity contribution in [3.05, 3.63) is 58.6 Å². The van der Waals surface area contributed by atoms with Crippen molar-refractivity contribution in [1.29, 1.82) is 0 Å². The van der Waals surface area contributed by atoms with Crippen molar-refractivity contribution in [3.8, 4) is 11.5 Å². The standard InChI is InChI=1S/C19H24ClN3O2/c1-21-19(22-12-11-14-7-9-16(20)10-8-14)23-13-15-5-4-6-17(24-2)18(15)25-3/h4-10H,11-13H2,1-3H3,(H2,21,22,23). The number of nitrogens with one attached hydrogen (secondary N) is 2. The number of hydrogen-bond acceptors (Lipinski definition) is 3. The highest BCUT2D eigenvalue weighted by Gasteiger charge is 2.09. The van der Waals surface area contributed by atoms with E-state index in [0.717, 1.165) is 35.3 Å². The fourth-order valence-electron chi connectivity index (χ4n) is 2.47. The molecule has 0 aliphatic rings. The lowest BCUT2D eigenvalue weighted by Gasteiger charge is -2.15. The lowest BCUT2D eigenvalue weighted by atomic mass is 10.1. The summed E-state index contributed by atoms with van der Waals surface area (Å²) >= 11 is 5.90. The smallest absolute Gasteiger partial charge is 0.191 e. The van der Waals surface area contributed by atoms with E-state index in [4.69, 9.17) is 21.1 Å². The summed E-state index contributed by atoms with van der Waals surface area (Å²) in [5.74, 6) is 2.18. The topological polar surface area (TPSA) is 54.9 Å². The number of halogens is 1. The number of nitrogens with zero attached hydrogens (tertiary/aromatic N) is 1. The number of para-hydroxylation sites is 1. The minimum Gasteiger partial charge on any atom is -0.493 e. The maximum absolute atomic E-state index is 5.90. The van der Waals surface area contributed by atoms with E-state index in [1.807, 2.05) is 42.5 Å². The van der Waals surface area contributed by atoms with Crippen molar-refractivity contribution in [2.24, 2.45) is 4.99 Å². The number of hydrogen-bond donors (Lipinski definition) is 2. The van der Waals surface area contributed by atoms with E-state index >= 15 is 0 Å². The zero-order chi connectivity index (χ0) is 18.1. The Morgan fingerprint density at radius 1 is 1.04 bits per heavy atom. The number of ether oxygens (including phenoxy) is 2. The molecule has 2 aromatic rings. The van der Waals surface area contributed by atoms with Gasteiger partial charge in [0, 0.05) is 30.7 Å². The molecule has 5 nitrogen and oxygen atoms in total. The van der Waals surface area contributed by atoms with E-state index in [1.165, 1.54) is 5.56 Å². The molecule has 2 rings (SSSR count). The zero-order valence-electron chi connectivity index (χ0n) is 14.8. The molecule has 0 bridgehead atoms. The molecule has 0 atom stereocenters. The average molecular weight is 362 g/mol. The first-order chi connectivity index (χ1) is 12.2. The molecule has 0 aliphatic carbocycles. The van der Waals surface area contributed by atoms with Crippen LogP contribution in [0.5, 0.6) is 11.5 Å². The minimum absolute atomic E-state index is 0.584. The predicted molar refractivity (Wildman–Crippen MR) is 103 cm³/mol. The van der Waals surface area contributed by atoms with E-state index in [-0.39, 0.29) is 0 Å². The summed E-state index contributed by atoms with van der Waals surface area (Å²) in [5, 5.41) is 7.34. The molecule has 2 aromatic carbocycles. The highest BCUT2D eigenvalue weighted by molar-refractivity contribution is 6.30. The van der Waals surface area contributed by atoms with Gasteiger partial charge in [-0.25, -0.2) is 0 Å². The van der Waals surface area contributed by atoms with Crippen molar-refractivity contribution in [3.63, 3.8) is 0 Å². The molecule has 25 heavy (non-hydrogen) atoms. The molecule has 0 radical (unpaired) electrons. The Kier molecular flexibility index (Phi) is 7.41. The molecule has 2 N–H and O–H groups in total. The van der Waals surface area contributed by atoms with E-state index < -0.39 is 0 Å². The molecule has 0 fully saturated rings. The highest BCUT2D eigenvalue weighted by Crippen LogP contribution is 2.30. The minimum atomic E-state index is 0.584. The van der Waals surface area contributed by atoms with Gasteiger partial charge in [-0.2, -0.15) is 0 Å². The number of rotatable bonds is 7. The summed E-state index contributed by atoms with van der Waals surface area (Å²) in [6.45, 7) is 1.36. The van der Waals surface area contributed by atoms with Gasteiger partial charge >= 0.3 is 0 Å². The fourth-order valence-corrected chi connectivity index (χ4v) is 2.59. The predicted octanol–water partition coefficient (Wildman–Crippen LogP) is 3.26. The Labute approximate surface area is 154 Å². The van der Waals surface area contributed by atoms with E-state index in [1.54, 1.807) is 21.3 Å². The van der Waals surface area contributed by atoms with E-state index in [9.17, 15) is 0 Å². The second-order valence-electron chi connectivity index (χ2n) is 5.38. The van der Waals surface area contributed by atoms with Crippen LogP contribution in [-0.4, -0.2) is 33.8 Å². The maximum atomic E-state index is 5.90. The molecule has 0 unspecified atom stereocenters. The van der Waals surface area contributed by atoms with Gasteiger partial charge in [-0.15, -0.1) is 0 Å². The second kappa shape index (κ2) is 9.79. The number of guanidine groups is 1. The Hall–Kier alpha value is -2.40. The first-order valence-corrected chi connectivity index (χ1v) is 8.44. The molecular weight excluding hydrogens is 338 g/mol. The van der Waals surface area contributed by atoms with Crippen LogP contribution in [-0.2, 0) is 13.0 Å². The van der Waals surface area contributed by atoms with E-state index in [0.29, 0.717) is 12.3 Å². The van der Waals surface area contributed by atoms with Crippen LogP contribution in [0.2, 0.25) is 5.02 Å². The molecule has 0 amide bonds. The monoisotopic (exact) mass is 361 g/mol. The zero-order valence-corrected chi connectivity index (χ0v) is 15.6. The van der Waals surface area contributed by atoms with E-state index in [2.05, 4.69) is 15.6 Å². The molecule has 0 heterocycles. The molecule has 0 saturated carbocycles. The van der Waals surface area contributed by atoms with Crippen molar-refractivity contribution < 1.29 is 9.47 Å². The van der Waals surface area contributed by atoms with Crippen LogP contribution in [0.3, 0.4) is 0 Å². The summed E-state index contributed by atoms with van der Waals surface area (Å²) in [4.78, 5) is 4.25. The van der Waals surface area contributed by atoms with Gasteiger partial charge in [-0.1, -0.05) is 35.9 Å². The molecular formula is C19H24ClN3O2. The molecule has 0 aliphatic heterocycles. The van der Waals surface area contributed by atoms with Crippen LogP contribution >= 0.6 is 11.6 Å². The summed E-state index contributed by atoms with van der Waals surface area (Å²) < 4.78 is 10.8. The maximum Gasteiger partial charge on any atom is 0.191 e. The molecule has 0 saturated heterocycles. The number of methoxy groups -OCH3 is 2. The summed E-state index contributed by atoms with van der Waals surface area (Å²) in [6.07, 6.45) is 0.889. The third-order valence-electron chi connectivity index (χ3n) is 3.77. The Morgan fingerprint density at radius 3 is 2.44 bits per heavy atom. The average Bonchev–Trinajstić information content (AvgIpc) is 2.65. The molecule has 0 aromatic heterocycles. The van der Waals surface area contributed by atoms with Crippen LogP contribution in [0.1, 0.15) is 11.1 Å². The Balaban J connectivity index is 1.87. The lowest BCUT2D eigenvalue weighted by molar-refractivity contribution is 0.351. The van der Waals surface area contributed by atoms with Crippen LogP contribution in [0.25, 0.3) is 0 Å². The first kappa shape index (κ1) is 18.9. The van der Waals surface area contributed by atoms with Crippen LogP contribution < -0.4 is 20.1 Å². The van der Waals surface area contributed by atoms with Crippen molar-refractivity contribution in [2.45, 2.75) is 13.0 Å².